The molecule has 1 amide bonds. The third-order valence-corrected chi connectivity index (χ3v) is 5.53. The Morgan fingerprint density at radius 1 is 0.967 bits per heavy atom. The van der Waals surface area contributed by atoms with E-state index in [1.807, 2.05) is 60.7 Å². The van der Waals surface area contributed by atoms with Crippen molar-refractivity contribution in [3.8, 4) is 11.5 Å². The maximum Gasteiger partial charge on any atom is 0.246 e. The summed E-state index contributed by atoms with van der Waals surface area (Å²) in [5, 5.41) is 3.98. The smallest absolute Gasteiger partial charge is 0.246 e. The SMILES string of the molecule is O=C1N(Cc2nc(-c3cnccn3)no2)CCC1(c1ccccc1)c1ccccc1. The lowest BCUT2D eigenvalue weighted by Crippen LogP contribution is -2.38. The average Bonchev–Trinajstić information content (AvgIpc) is 3.42. The van der Waals surface area contributed by atoms with Gasteiger partial charge in [-0.25, -0.2) is 4.98 Å². The van der Waals surface area contributed by atoms with Crippen LogP contribution in [0.3, 0.4) is 0 Å². The first-order chi connectivity index (χ1) is 14.8. The summed E-state index contributed by atoms with van der Waals surface area (Å²) in [5.74, 6) is 0.780. The third-order valence-electron chi connectivity index (χ3n) is 5.53. The van der Waals surface area contributed by atoms with Crippen LogP contribution in [-0.2, 0) is 16.8 Å². The second kappa shape index (κ2) is 7.51. The van der Waals surface area contributed by atoms with Crippen molar-refractivity contribution in [3.63, 3.8) is 0 Å². The van der Waals surface area contributed by atoms with Crippen LogP contribution in [0.15, 0.2) is 83.8 Å². The number of amides is 1. The average molecular weight is 397 g/mol. The molecule has 2 aromatic carbocycles. The van der Waals surface area contributed by atoms with Crippen LogP contribution < -0.4 is 0 Å². The van der Waals surface area contributed by atoms with Crippen LogP contribution in [0.1, 0.15) is 23.4 Å². The Balaban J connectivity index is 1.45. The lowest BCUT2D eigenvalue weighted by Gasteiger charge is -2.29. The molecule has 1 aliphatic rings. The summed E-state index contributed by atoms with van der Waals surface area (Å²) < 4.78 is 5.39. The lowest BCUT2D eigenvalue weighted by atomic mass is 9.73. The highest BCUT2D eigenvalue weighted by Gasteiger charge is 2.49. The molecule has 30 heavy (non-hydrogen) atoms. The van der Waals surface area contributed by atoms with E-state index in [2.05, 4.69) is 20.1 Å². The molecule has 0 saturated carbocycles. The molecule has 1 fully saturated rings. The number of carbonyl (C=O) groups is 1. The van der Waals surface area contributed by atoms with Crippen LogP contribution in [0.4, 0.5) is 0 Å². The number of likely N-dealkylation sites (tertiary alicyclic amines) is 1. The summed E-state index contributed by atoms with van der Waals surface area (Å²) >= 11 is 0. The molecule has 7 nitrogen and oxygen atoms in total. The molecule has 0 N–H and O–H groups in total. The summed E-state index contributed by atoms with van der Waals surface area (Å²) in [6.45, 7) is 0.860. The maximum absolute atomic E-state index is 13.7. The van der Waals surface area contributed by atoms with Crippen LogP contribution in [0.25, 0.3) is 11.5 Å². The minimum absolute atomic E-state index is 0.0409. The van der Waals surface area contributed by atoms with E-state index in [0.717, 1.165) is 11.1 Å². The fraction of sp³-hybridized carbons (Fsp3) is 0.174. The Morgan fingerprint density at radius 3 is 2.30 bits per heavy atom. The fourth-order valence-electron chi connectivity index (χ4n) is 4.08. The Morgan fingerprint density at radius 2 is 1.67 bits per heavy atom. The molecule has 0 aliphatic carbocycles. The Kier molecular flexibility index (Phi) is 4.55. The second-order valence-electron chi connectivity index (χ2n) is 7.22. The summed E-state index contributed by atoms with van der Waals surface area (Å²) in [5.41, 5.74) is 1.81. The molecule has 148 valence electrons. The standard InChI is InChI=1S/C23H19N5O2/c29-22-23(17-7-3-1-4-8-17,18-9-5-2-6-10-18)11-14-28(22)16-20-26-21(27-30-20)19-15-24-12-13-25-19/h1-10,12-13,15H,11,14,16H2. The van der Waals surface area contributed by atoms with Gasteiger partial charge in [0.2, 0.25) is 17.6 Å². The normalized spacial score (nSPS) is 15.5. The van der Waals surface area contributed by atoms with Crippen molar-refractivity contribution in [2.24, 2.45) is 0 Å². The van der Waals surface area contributed by atoms with Gasteiger partial charge in [0.15, 0.2) is 0 Å². The van der Waals surface area contributed by atoms with Crippen LogP contribution in [0.5, 0.6) is 0 Å². The highest BCUT2D eigenvalue weighted by atomic mass is 16.5. The summed E-state index contributed by atoms with van der Waals surface area (Å²) in [6, 6.07) is 19.9. The van der Waals surface area contributed by atoms with E-state index >= 15 is 0 Å². The number of hydrogen-bond donors (Lipinski definition) is 0. The van der Waals surface area contributed by atoms with E-state index in [1.165, 1.54) is 0 Å². The van der Waals surface area contributed by atoms with E-state index < -0.39 is 5.41 Å². The molecular formula is C23H19N5O2. The number of aromatic nitrogens is 4. The van der Waals surface area contributed by atoms with Gasteiger partial charge in [-0.3, -0.25) is 9.78 Å². The molecular weight excluding hydrogens is 378 g/mol. The number of benzene rings is 2. The Labute approximate surface area is 173 Å². The molecule has 3 heterocycles. The molecule has 1 saturated heterocycles. The summed E-state index contributed by atoms with van der Waals surface area (Å²) in [4.78, 5) is 28.1. The highest BCUT2D eigenvalue weighted by molar-refractivity contribution is 5.94. The zero-order chi connectivity index (χ0) is 20.4. The van der Waals surface area contributed by atoms with Gasteiger partial charge in [-0.05, 0) is 17.5 Å². The van der Waals surface area contributed by atoms with Gasteiger partial charge in [0.1, 0.15) is 17.7 Å². The molecule has 5 rings (SSSR count). The van der Waals surface area contributed by atoms with Crippen molar-refractivity contribution < 1.29 is 9.32 Å². The molecule has 0 radical (unpaired) electrons. The van der Waals surface area contributed by atoms with Crippen molar-refractivity contribution in [1.29, 1.82) is 0 Å². The van der Waals surface area contributed by atoms with Crippen molar-refractivity contribution >= 4 is 5.91 Å². The van der Waals surface area contributed by atoms with Gasteiger partial charge < -0.3 is 9.42 Å². The first-order valence-electron chi connectivity index (χ1n) is 9.77. The predicted octanol–water partition coefficient (Wildman–Crippen LogP) is 3.25. The van der Waals surface area contributed by atoms with E-state index in [0.29, 0.717) is 30.4 Å². The summed E-state index contributed by atoms with van der Waals surface area (Å²) in [6.07, 6.45) is 5.42. The van der Waals surface area contributed by atoms with Gasteiger partial charge >= 0.3 is 0 Å². The maximum atomic E-state index is 13.7. The number of rotatable bonds is 5. The first-order valence-corrected chi connectivity index (χ1v) is 9.77. The topological polar surface area (TPSA) is 85.0 Å². The lowest BCUT2D eigenvalue weighted by molar-refractivity contribution is -0.132. The van der Waals surface area contributed by atoms with Crippen molar-refractivity contribution in [2.75, 3.05) is 6.54 Å². The number of hydrogen-bond acceptors (Lipinski definition) is 6. The predicted molar refractivity (Wildman–Crippen MR) is 109 cm³/mol. The van der Waals surface area contributed by atoms with Gasteiger partial charge in [0.25, 0.3) is 0 Å². The molecule has 0 atom stereocenters. The van der Waals surface area contributed by atoms with E-state index in [-0.39, 0.29) is 12.5 Å². The van der Waals surface area contributed by atoms with E-state index in [4.69, 9.17) is 4.52 Å². The van der Waals surface area contributed by atoms with E-state index in [1.54, 1.807) is 23.5 Å². The molecule has 1 aliphatic heterocycles. The Hall–Kier alpha value is -3.87. The van der Waals surface area contributed by atoms with Crippen LogP contribution in [0.2, 0.25) is 0 Å². The second-order valence-corrected chi connectivity index (χ2v) is 7.22. The highest BCUT2D eigenvalue weighted by Crippen LogP contribution is 2.42. The minimum atomic E-state index is -0.712. The van der Waals surface area contributed by atoms with E-state index in [9.17, 15) is 4.79 Å². The van der Waals surface area contributed by atoms with Crippen molar-refractivity contribution in [1.82, 2.24) is 25.0 Å². The first kappa shape index (κ1) is 18.2. The third kappa shape index (κ3) is 3.04. The Bertz CT molecular complexity index is 1110. The van der Waals surface area contributed by atoms with Gasteiger partial charge in [-0.15, -0.1) is 0 Å². The zero-order valence-corrected chi connectivity index (χ0v) is 16.2. The molecule has 0 bridgehead atoms. The van der Waals surface area contributed by atoms with Crippen LogP contribution >= 0.6 is 0 Å². The van der Waals surface area contributed by atoms with Crippen LogP contribution in [0, 0.1) is 0 Å². The quantitative estimate of drug-likeness (QED) is 0.514. The monoisotopic (exact) mass is 397 g/mol. The molecule has 0 spiro atoms. The van der Waals surface area contributed by atoms with Gasteiger partial charge in [0, 0.05) is 18.9 Å². The molecule has 4 aromatic rings. The van der Waals surface area contributed by atoms with Crippen molar-refractivity contribution in [2.45, 2.75) is 18.4 Å². The molecule has 0 unspecified atom stereocenters. The minimum Gasteiger partial charge on any atom is -0.337 e. The number of nitrogens with zero attached hydrogens (tertiary/aromatic N) is 5. The van der Waals surface area contributed by atoms with Gasteiger partial charge in [0.05, 0.1) is 6.20 Å². The van der Waals surface area contributed by atoms with Crippen LogP contribution in [-0.4, -0.2) is 37.5 Å². The summed E-state index contributed by atoms with van der Waals surface area (Å²) in [7, 11) is 0. The van der Waals surface area contributed by atoms with Crippen molar-refractivity contribution in [3.05, 3.63) is 96.3 Å². The molecule has 2 aromatic heterocycles. The number of carbonyl (C=O) groups excluding carboxylic acids is 1. The largest absolute Gasteiger partial charge is 0.337 e. The van der Waals surface area contributed by atoms with Gasteiger partial charge in [-0.2, -0.15) is 4.98 Å². The fourth-order valence-corrected chi connectivity index (χ4v) is 4.08. The van der Waals surface area contributed by atoms with Gasteiger partial charge in [-0.1, -0.05) is 65.8 Å². The molecule has 7 heteroatoms. The zero-order valence-electron chi connectivity index (χ0n) is 16.2.